The minimum absolute atomic E-state index is 0.0226. The van der Waals surface area contributed by atoms with Gasteiger partial charge in [-0.2, -0.15) is 0 Å². The quantitative estimate of drug-likeness (QED) is 0.0354. The minimum Gasteiger partial charge on any atom is -0.481 e. The summed E-state index contributed by atoms with van der Waals surface area (Å²) < 4.78 is 37.8. The number of nitrogens with zero attached hydrogens (tertiary/aromatic N) is 2. The third-order valence-electron chi connectivity index (χ3n) is 11.4. The molecule has 19 heteroatoms. The van der Waals surface area contributed by atoms with Crippen molar-refractivity contribution in [3.05, 3.63) is 153 Å². The van der Waals surface area contributed by atoms with E-state index in [0.29, 0.717) is 56.5 Å². The number of aromatic nitrogens is 2. The summed E-state index contributed by atoms with van der Waals surface area (Å²) in [6.07, 6.45) is 4.08. The number of nitrogens with one attached hydrogen (secondary N) is 1. The first-order valence-electron chi connectivity index (χ1n) is 22.6. The van der Waals surface area contributed by atoms with E-state index in [9.17, 15) is 48.4 Å². The van der Waals surface area contributed by atoms with Gasteiger partial charge in [0.15, 0.2) is 0 Å². The number of aromatic carboxylic acids is 1. The lowest BCUT2D eigenvalue weighted by Crippen LogP contribution is -2.44. The average Bonchev–Trinajstić information content (AvgIpc) is 4.02. The second-order valence-corrected chi connectivity index (χ2v) is 18.5. The second kappa shape index (κ2) is 26.6. The van der Waals surface area contributed by atoms with Gasteiger partial charge in [0.05, 0.1) is 35.4 Å². The molecule has 15 nitrogen and oxygen atoms in total. The number of amides is 1. The third-order valence-corrected chi connectivity index (χ3v) is 11.9. The van der Waals surface area contributed by atoms with Crippen LogP contribution in [0.15, 0.2) is 106 Å². The van der Waals surface area contributed by atoms with Gasteiger partial charge in [0, 0.05) is 45.4 Å². The predicted octanol–water partition coefficient (Wildman–Crippen LogP) is 9.72. The number of aliphatic carboxylic acids is 2. The zero-order chi connectivity index (χ0) is 52.5. The Hall–Kier alpha value is -6.50. The highest BCUT2D eigenvalue weighted by molar-refractivity contribution is 6.31. The first kappa shape index (κ1) is 57.1. The van der Waals surface area contributed by atoms with Crippen molar-refractivity contribution in [2.24, 2.45) is 16.6 Å². The van der Waals surface area contributed by atoms with E-state index in [-0.39, 0.29) is 36.6 Å². The van der Waals surface area contributed by atoms with Gasteiger partial charge < -0.3 is 45.6 Å². The molecule has 0 unspecified atom stereocenters. The number of aryl methyl sites for hydroxylation is 2. The van der Waals surface area contributed by atoms with Gasteiger partial charge in [0.2, 0.25) is 11.5 Å². The highest BCUT2D eigenvalue weighted by Gasteiger charge is 2.37. The van der Waals surface area contributed by atoms with Gasteiger partial charge in [-0.1, -0.05) is 109 Å². The lowest BCUT2D eigenvalue weighted by Gasteiger charge is -2.28. The van der Waals surface area contributed by atoms with Crippen molar-refractivity contribution in [3.63, 3.8) is 0 Å². The summed E-state index contributed by atoms with van der Waals surface area (Å²) in [7, 11) is 0. The SMILES string of the molecule is CCCc1cc(C(=O)N[C@H](Cc2ccc(-c3cc(Cl)ccc3F)cc2)C[C@@](C)(CO)C(=O)O)on1.CCCc1cc(C(=O)O)on1.C[C@@](CO)(C[C@H](N)Cc1ccc(-c2cc(Cl)ccc2F)cc1)C(=O)O. The Balaban J connectivity index is 0.000000263. The van der Waals surface area contributed by atoms with Crippen LogP contribution in [0.2, 0.25) is 10.0 Å². The zero-order valence-corrected chi connectivity index (χ0v) is 41.1. The van der Waals surface area contributed by atoms with E-state index in [0.717, 1.165) is 30.4 Å². The molecule has 0 radical (unpaired) electrons. The molecule has 4 atom stereocenters. The lowest BCUT2D eigenvalue weighted by atomic mass is 9.82. The lowest BCUT2D eigenvalue weighted by molar-refractivity contribution is -0.152. The van der Waals surface area contributed by atoms with E-state index in [2.05, 4.69) is 20.2 Å². The highest BCUT2D eigenvalue weighted by Crippen LogP contribution is 2.30. The molecule has 71 heavy (non-hydrogen) atoms. The molecule has 6 aromatic rings. The molecule has 2 heterocycles. The molecule has 0 saturated heterocycles. The highest BCUT2D eigenvalue weighted by atomic mass is 35.5. The van der Waals surface area contributed by atoms with Crippen molar-refractivity contribution in [1.82, 2.24) is 15.6 Å². The van der Waals surface area contributed by atoms with Crippen LogP contribution in [0.5, 0.6) is 0 Å². The summed E-state index contributed by atoms with van der Waals surface area (Å²) in [5, 5.41) is 57.4. The van der Waals surface area contributed by atoms with Crippen LogP contribution in [-0.4, -0.2) is 85.0 Å². The van der Waals surface area contributed by atoms with Crippen LogP contribution < -0.4 is 11.1 Å². The van der Waals surface area contributed by atoms with Crippen molar-refractivity contribution in [2.45, 2.75) is 91.1 Å². The molecule has 0 saturated carbocycles. The zero-order valence-electron chi connectivity index (χ0n) is 39.6. The minimum atomic E-state index is -1.46. The van der Waals surface area contributed by atoms with E-state index in [1.165, 1.54) is 44.2 Å². The van der Waals surface area contributed by atoms with Gasteiger partial charge in [-0.05, 0) is 111 Å². The summed E-state index contributed by atoms with van der Waals surface area (Å²) in [5.41, 5.74) is 8.48. The van der Waals surface area contributed by atoms with Crippen LogP contribution >= 0.6 is 23.2 Å². The van der Waals surface area contributed by atoms with Crippen molar-refractivity contribution < 1.29 is 62.5 Å². The molecule has 0 spiro atoms. The predicted molar refractivity (Wildman–Crippen MR) is 263 cm³/mol. The Kier molecular flexibility index (Phi) is 21.4. The molecule has 8 N–H and O–H groups in total. The fourth-order valence-corrected chi connectivity index (χ4v) is 7.65. The van der Waals surface area contributed by atoms with Gasteiger partial charge in [-0.15, -0.1) is 0 Å². The first-order chi connectivity index (χ1) is 33.6. The maximum absolute atomic E-state index is 14.2. The Morgan fingerprint density at radius 1 is 0.648 bits per heavy atom. The molecule has 2 aromatic heterocycles. The molecular formula is C52H58Cl2F2N4O11. The molecule has 0 aliphatic rings. The van der Waals surface area contributed by atoms with Crippen LogP contribution in [0.1, 0.15) is 97.0 Å². The number of halogens is 4. The monoisotopic (exact) mass is 1020 g/mol. The molecular weight excluding hydrogens is 965 g/mol. The third kappa shape index (κ3) is 16.8. The number of aliphatic hydroxyl groups excluding tert-OH is 2. The Morgan fingerprint density at radius 2 is 1.07 bits per heavy atom. The largest absolute Gasteiger partial charge is 0.481 e. The smallest absolute Gasteiger partial charge is 0.374 e. The van der Waals surface area contributed by atoms with Crippen molar-refractivity contribution in [3.8, 4) is 22.3 Å². The Bertz CT molecular complexity index is 2720. The van der Waals surface area contributed by atoms with Crippen molar-refractivity contribution in [1.29, 1.82) is 0 Å². The molecule has 4 aromatic carbocycles. The van der Waals surface area contributed by atoms with Crippen LogP contribution in [-0.2, 0) is 35.3 Å². The number of rotatable bonds is 21. The number of carboxylic acids is 3. The molecule has 6 rings (SSSR count). The fourth-order valence-electron chi connectivity index (χ4n) is 7.31. The summed E-state index contributed by atoms with van der Waals surface area (Å²) in [6.45, 7) is 5.81. The first-order valence-corrected chi connectivity index (χ1v) is 23.4. The number of nitrogens with two attached hydrogens (primary N) is 1. The number of hydrogen-bond acceptors (Lipinski definition) is 11. The van der Waals surface area contributed by atoms with Gasteiger partial charge >= 0.3 is 17.9 Å². The number of carbonyl (C=O) groups is 4. The van der Waals surface area contributed by atoms with E-state index in [4.69, 9.17) is 38.6 Å². The van der Waals surface area contributed by atoms with Crippen LogP contribution in [0, 0.1) is 22.5 Å². The Labute approximate surface area is 419 Å². The van der Waals surface area contributed by atoms with Crippen LogP contribution in [0.4, 0.5) is 8.78 Å². The van der Waals surface area contributed by atoms with E-state index >= 15 is 0 Å². The molecule has 0 fully saturated rings. The van der Waals surface area contributed by atoms with Crippen molar-refractivity contribution in [2.75, 3.05) is 13.2 Å². The van der Waals surface area contributed by atoms with E-state index in [1.54, 1.807) is 54.6 Å². The average molecular weight is 1020 g/mol. The number of benzene rings is 4. The summed E-state index contributed by atoms with van der Waals surface area (Å²) in [4.78, 5) is 46.1. The second-order valence-electron chi connectivity index (χ2n) is 17.6. The molecule has 0 aliphatic heterocycles. The van der Waals surface area contributed by atoms with Gasteiger partial charge in [-0.25, -0.2) is 13.6 Å². The molecule has 0 aliphatic carbocycles. The molecule has 0 bridgehead atoms. The molecule has 1 amide bonds. The van der Waals surface area contributed by atoms with Crippen LogP contribution in [0.25, 0.3) is 22.3 Å². The summed E-state index contributed by atoms with van der Waals surface area (Å²) in [5.74, 6) is -4.64. The number of carboxylic acid groups (broad SMARTS) is 3. The summed E-state index contributed by atoms with van der Waals surface area (Å²) >= 11 is 11.9. The van der Waals surface area contributed by atoms with Gasteiger partial charge in [-0.3, -0.25) is 14.4 Å². The van der Waals surface area contributed by atoms with E-state index < -0.39 is 65.8 Å². The fraction of sp³-hybridized carbons (Fsp3) is 0.346. The Morgan fingerprint density at radius 3 is 1.48 bits per heavy atom. The van der Waals surface area contributed by atoms with E-state index in [1.807, 2.05) is 26.0 Å². The maximum atomic E-state index is 14.2. The number of hydrogen-bond donors (Lipinski definition) is 7. The van der Waals surface area contributed by atoms with Crippen LogP contribution in [0.3, 0.4) is 0 Å². The van der Waals surface area contributed by atoms with Gasteiger partial charge in [0.1, 0.15) is 11.6 Å². The topological polar surface area (TPSA) is 260 Å². The number of carbonyl (C=O) groups excluding carboxylic acids is 1. The molecule has 380 valence electrons. The normalized spacial score (nSPS) is 13.5. The number of aliphatic hydroxyl groups is 2. The van der Waals surface area contributed by atoms with Gasteiger partial charge in [0.25, 0.3) is 5.91 Å². The maximum Gasteiger partial charge on any atom is 0.374 e. The standard InChI is InChI=1S/C26H28ClFN2O5.C19H21ClFNO3.C7H9NO3/c1-3-4-19-13-23(35-30-19)24(32)29-20(14-26(2,15-31)25(33)34)11-16-5-7-17(8-6-16)21-12-18(27)9-10-22(21)28;1-19(11-23,18(24)25)10-15(22)8-12-2-4-13(5-3-12)16-9-14(20)6-7-17(16)21;1-2-3-5-4-6(7(9)10)11-8-5/h5-10,12-13,20,31H,3-4,11,14-15H2,1-2H3,(H,29,32)(H,33,34);2-7,9,15,23H,8,10-11,22H2,1H3,(H,24,25);4H,2-3H2,1H3,(H,9,10)/t20-,26+;15-,19+;/m11./s1. The summed E-state index contributed by atoms with van der Waals surface area (Å²) in [6, 6.07) is 24.9. The van der Waals surface area contributed by atoms with Crippen molar-refractivity contribution >= 4 is 47.0 Å².